The van der Waals surface area contributed by atoms with Gasteiger partial charge in [0.1, 0.15) is 0 Å². The lowest BCUT2D eigenvalue weighted by atomic mass is 10.2. The Morgan fingerprint density at radius 3 is 2.62 bits per heavy atom. The number of rotatable bonds is 4. The van der Waals surface area contributed by atoms with Crippen molar-refractivity contribution in [2.75, 3.05) is 5.84 Å². The summed E-state index contributed by atoms with van der Waals surface area (Å²) in [5.74, 6) is 7.58. The van der Waals surface area contributed by atoms with Crippen molar-refractivity contribution in [1.29, 1.82) is 0 Å². The van der Waals surface area contributed by atoms with Crippen LogP contribution in [0.2, 0.25) is 0 Å². The van der Waals surface area contributed by atoms with Crippen LogP contribution < -0.4 is 5.84 Å². The van der Waals surface area contributed by atoms with Crippen LogP contribution in [0.15, 0.2) is 64.2 Å². The van der Waals surface area contributed by atoms with Gasteiger partial charge in [0.15, 0.2) is 5.82 Å². The molecule has 2 N–H and O–H groups in total. The second kappa shape index (κ2) is 6.32. The van der Waals surface area contributed by atoms with E-state index in [0.29, 0.717) is 11.0 Å². The van der Waals surface area contributed by atoms with E-state index in [-0.39, 0.29) is 0 Å². The number of nitrogens with zero attached hydrogens (tertiary/aromatic N) is 3. The van der Waals surface area contributed by atoms with Crippen LogP contribution in [0, 0.1) is 0 Å². The summed E-state index contributed by atoms with van der Waals surface area (Å²) in [6, 6.07) is 18.1. The fourth-order valence-electron chi connectivity index (χ4n) is 1.92. The molecule has 0 aliphatic heterocycles. The Bertz CT molecular complexity index is 742. The number of nitrogen functional groups attached to an aromatic ring is 1. The zero-order valence-corrected chi connectivity index (χ0v) is 13.5. The quantitative estimate of drug-likeness (QED) is 0.569. The summed E-state index contributed by atoms with van der Waals surface area (Å²) in [4.78, 5) is 0. The Hall–Kier alpha value is -1.79. The maximum Gasteiger partial charge on any atom is 0.210 e. The minimum Gasteiger partial charge on any atom is -0.335 e. The van der Waals surface area contributed by atoms with Gasteiger partial charge < -0.3 is 5.84 Å². The second-order valence-corrected chi connectivity index (χ2v) is 6.32. The van der Waals surface area contributed by atoms with Gasteiger partial charge in [-0.15, -0.1) is 10.2 Å². The van der Waals surface area contributed by atoms with Gasteiger partial charge in [0.25, 0.3) is 0 Å². The highest BCUT2D eigenvalue weighted by atomic mass is 79.9. The molecule has 3 aromatic rings. The van der Waals surface area contributed by atoms with Crippen LogP contribution in [0.5, 0.6) is 0 Å². The molecule has 3 rings (SSSR count). The van der Waals surface area contributed by atoms with E-state index >= 15 is 0 Å². The van der Waals surface area contributed by atoms with Crippen molar-refractivity contribution in [2.45, 2.75) is 10.9 Å². The SMILES string of the molecule is Nn1c(SCc2ccccc2)nnc1-c1cccc(Br)c1. The Labute approximate surface area is 135 Å². The molecule has 0 radical (unpaired) electrons. The van der Waals surface area contributed by atoms with E-state index in [1.807, 2.05) is 42.5 Å². The minimum absolute atomic E-state index is 0.659. The summed E-state index contributed by atoms with van der Waals surface area (Å²) in [6.07, 6.45) is 0. The van der Waals surface area contributed by atoms with Crippen LogP contribution >= 0.6 is 27.7 Å². The molecule has 106 valence electrons. The molecule has 0 saturated carbocycles. The summed E-state index contributed by atoms with van der Waals surface area (Å²) >= 11 is 5.02. The lowest BCUT2D eigenvalue weighted by molar-refractivity contribution is 0.849. The van der Waals surface area contributed by atoms with Gasteiger partial charge >= 0.3 is 0 Å². The fraction of sp³-hybridized carbons (Fsp3) is 0.0667. The van der Waals surface area contributed by atoms with Crippen molar-refractivity contribution < 1.29 is 0 Å². The Morgan fingerprint density at radius 1 is 1.05 bits per heavy atom. The second-order valence-electron chi connectivity index (χ2n) is 4.46. The lowest BCUT2D eigenvalue weighted by Crippen LogP contribution is -2.11. The molecular weight excluding hydrogens is 348 g/mol. The zero-order valence-electron chi connectivity index (χ0n) is 11.1. The first kappa shape index (κ1) is 14.2. The fourth-order valence-corrected chi connectivity index (χ4v) is 3.13. The highest BCUT2D eigenvalue weighted by molar-refractivity contribution is 9.10. The third-order valence-electron chi connectivity index (χ3n) is 2.96. The van der Waals surface area contributed by atoms with E-state index in [0.717, 1.165) is 15.8 Å². The molecule has 0 spiro atoms. The van der Waals surface area contributed by atoms with E-state index in [2.05, 4.69) is 38.3 Å². The maximum absolute atomic E-state index is 6.11. The minimum atomic E-state index is 0.659. The molecule has 0 saturated heterocycles. The van der Waals surface area contributed by atoms with Gasteiger partial charge in [0.2, 0.25) is 5.16 Å². The first-order valence-electron chi connectivity index (χ1n) is 6.37. The summed E-state index contributed by atoms with van der Waals surface area (Å²) in [5, 5.41) is 9.06. The highest BCUT2D eigenvalue weighted by Gasteiger charge is 2.12. The van der Waals surface area contributed by atoms with Crippen molar-refractivity contribution >= 4 is 27.7 Å². The summed E-state index contributed by atoms with van der Waals surface area (Å²) < 4.78 is 2.52. The van der Waals surface area contributed by atoms with Gasteiger partial charge in [0, 0.05) is 15.8 Å². The first-order chi connectivity index (χ1) is 10.2. The molecule has 1 aromatic heterocycles. The summed E-state index contributed by atoms with van der Waals surface area (Å²) in [5.41, 5.74) is 2.17. The molecule has 1 heterocycles. The van der Waals surface area contributed by atoms with Crippen molar-refractivity contribution in [1.82, 2.24) is 14.9 Å². The van der Waals surface area contributed by atoms with Gasteiger partial charge in [-0.25, -0.2) is 4.68 Å². The summed E-state index contributed by atoms with van der Waals surface area (Å²) in [6.45, 7) is 0. The Morgan fingerprint density at radius 2 is 1.86 bits per heavy atom. The Kier molecular flexibility index (Phi) is 4.26. The van der Waals surface area contributed by atoms with E-state index in [1.54, 1.807) is 11.8 Å². The van der Waals surface area contributed by atoms with E-state index in [9.17, 15) is 0 Å². The van der Waals surface area contributed by atoms with E-state index in [1.165, 1.54) is 10.2 Å². The number of hydrogen-bond donors (Lipinski definition) is 1. The average Bonchev–Trinajstić information content (AvgIpc) is 2.87. The number of aromatic nitrogens is 3. The predicted molar refractivity (Wildman–Crippen MR) is 89.3 cm³/mol. The van der Waals surface area contributed by atoms with E-state index in [4.69, 9.17) is 5.84 Å². The molecule has 0 aliphatic carbocycles. The molecule has 2 aromatic carbocycles. The molecule has 0 aliphatic rings. The molecule has 0 fully saturated rings. The van der Waals surface area contributed by atoms with Gasteiger partial charge in [-0.1, -0.05) is 70.2 Å². The van der Waals surface area contributed by atoms with Crippen LogP contribution in [-0.4, -0.2) is 14.9 Å². The molecule has 0 amide bonds. The van der Waals surface area contributed by atoms with Gasteiger partial charge in [-0.3, -0.25) is 0 Å². The van der Waals surface area contributed by atoms with Gasteiger partial charge in [-0.05, 0) is 17.7 Å². The highest BCUT2D eigenvalue weighted by Crippen LogP contribution is 2.25. The third-order valence-corrected chi connectivity index (χ3v) is 4.47. The number of benzene rings is 2. The van der Waals surface area contributed by atoms with Gasteiger partial charge in [-0.2, -0.15) is 0 Å². The van der Waals surface area contributed by atoms with Crippen molar-refractivity contribution in [3.05, 3.63) is 64.6 Å². The Balaban J connectivity index is 1.80. The van der Waals surface area contributed by atoms with Crippen molar-refractivity contribution in [2.24, 2.45) is 0 Å². The number of thioether (sulfide) groups is 1. The summed E-state index contributed by atoms with van der Waals surface area (Å²) in [7, 11) is 0. The smallest absolute Gasteiger partial charge is 0.210 e. The van der Waals surface area contributed by atoms with Crippen LogP contribution in [0.4, 0.5) is 0 Å². The molecular formula is C15H13BrN4S. The van der Waals surface area contributed by atoms with Gasteiger partial charge in [0.05, 0.1) is 0 Å². The molecule has 21 heavy (non-hydrogen) atoms. The van der Waals surface area contributed by atoms with Crippen LogP contribution in [0.1, 0.15) is 5.56 Å². The molecule has 6 heteroatoms. The molecule has 0 unspecified atom stereocenters. The topological polar surface area (TPSA) is 56.7 Å². The number of nitrogens with two attached hydrogens (primary N) is 1. The lowest BCUT2D eigenvalue weighted by Gasteiger charge is -2.04. The molecule has 0 bridgehead atoms. The largest absolute Gasteiger partial charge is 0.335 e. The van der Waals surface area contributed by atoms with Crippen LogP contribution in [-0.2, 0) is 5.75 Å². The molecule has 0 atom stereocenters. The molecule has 4 nitrogen and oxygen atoms in total. The average molecular weight is 361 g/mol. The number of halogens is 1. The van der Waals surface area contributed by atoms with Crippen LogP contribution in [0.3, 0.4) is 0 Å². The predicted octanol–water partition coefficient (Wildman–Crippen LogP) is 3.71. The number of hydrogen-bond acceptors (Lipinski definition) is 4. The maximum atomic E-state index is 6.11. The normalized spacial score (nSPS) is 10.7. The standard InChI is InChI=1S/C15H13BrN4S/c16-13-8-4-7-12(9-13)14-18-19-15(20(14)17)21-10-11-5-2-1-3-6-11/h1-9H,10,17H2. The van der Waals surface area contributed by atoms with E-state index < -0.39 is 0 Å². The van der Waals surface area contributed by atoms with Crippen molar-refractivity contribution in [3.63, 3.8) is 0 Å². The van der Waals surface area contributed by atoms with Crippen molar-refractivity contribution in [3.8, 4) is 11.4 Å². The monoisotopic (exact) mass is 360 g/mol. The zero-order chi connectivity index (χ0) is 14.7. The first-order valence-corrected chi connectivity index (χ1v) is 8.15. The third kappa shape index (κ3) is 3.28. The van der Waals surface area contributed by atoms with Crippen LogP contribution in [0.25, 0.3) is 11.4 Å².